The summed E-state index contributed by atoms with van der Waals surface area (Å²) in [4.78, 5) is 3.55. The molecule has 0 spiro atoms. The van der Waals surface area contributed by atoms with Crippen LogP contribution < -0.4 is 0 Å². The summed E-state index contributed by atoms with van der Waals surface area (Å²) in [5.74, 6) is -0.342. The van der Waals surface area contributed by atoms with Crippen LogP contribution in [-0.2, 0) is 12.4 Å². The third-order valence-electron chi connectivity index (χ3n) is 2.16. The van der Waals surface area contributed by atoms with Gasteiger partial charge < -0.3 is 0 Å². The number of hydrogen-bond donors (Lipinski definition) is 0. The fourth-order valence-corrected chi connectivity index (χ4v) is 1.38. The van der Waals surface area contributed by atoms with Gasteiger partial charge in [0.1, 0.15) is 0 Å². The van der Waals surface area contributed by atoms with E-state index in [9.17, 15) is 26.3 Å². The minimum absolute atomic E-state index is 0.0469. The second kappa shape index (κ2) is 4.25. The maximum absolute atomic E-state index is 12.7. The highest BCUT2D eigenvalue weighted by atomic mass is 19.4. The molecule has 0 aliphatic rings. The molecule has 0 unspecified atom stereocenters. The SMILES string of the molecule is FC(F)(F)c1cc(C(F)(F)F)n(-c2ccccn2)n1. The number of aromatic nitrogens is 3. The van der Waals surface area contributed by atoms with Crippen LogP contribution in [0.3, 0.4) is 0 Å². The molecule has 0 aliphatic carbocycles. The van der Waals surface area contributed by atoms with Crippen LogP contribution in [0.1, 0.15) is 11.4 Å². The van der Waals surface area contributed by atoms with E-state index in [4.69, 9.17) is 0 Å². The van der Waals surface area contributed by atoms with E-state index in [0.717, 1.165) is 12.3 Å². The smallest absolute Gasteiger partial charge is 0.237 e. The molecule has 0 radical (unpaired) electrons. The molecule has 0 saturated heterocycles. The van der Waals surface area contributed by atoms with Gasteiger partial charge in [-0.3, -0.25) is 0 Å². The van der Waals surface area contributed by atoms with E-state index >= 15 is 0 Å². The zero-order valence-corrected chi connectivity index (χ0v) is 9.00. The Bertz CT molecular complexity index is 569. The van der Waals surface area contributed by atoms with Crippen LogP contribution >= 0.6 is 0 Å². The third kappa shape index (κ3) is 2.69. The van der Waals surface area contributed by atoms with Crippen LogP contribution in [0.5, 0.6) is 0 Å². The molecule has 0 amide bonds. The molecule has 0 bridgehead atoms. The predicted octanol–water partition coefficient (Wildman–Crippen LogP) is 3.30. The van der Waals surface area contributed by atoms with Crippen molar-refractivity contribution in [1.82, 2.24) is 14.8 Å². The molecule has 0 aromatic carbocycles. The van der Waals surface area contributed by atoms with Crippen LogP contribution in [0.25, 0.3) is 5.82 Å². The molecular weight excluding hydrogens is 276 g/mol. The van der Waals surface area contributed by atoms with Crippen molar-refractivity contribution < 1.29 is 26.3 Å². The quantitative estimate of drug-likeness (QED) is 0.751. The fourth-order valence-electron chi connectivity index (χ4n) is 1.38. The maximum Gasteiger partial charge on any atom is 0.435 e. The predicted molar refractivity (Wildman–Crippen MR) is 51.4 cm³/mol. The minimum Gasteiger partial charge on any atom is -0.237 e. The Morgan fingerprint density at radius 1 is 0.947 bits per heavy atom. The molecule has 2 aromatic heterocycles. The Morgan fingerprint density at radius 2 is 1.63 bits per heavy atom. The van der Waals surface area contributed by atoms with Gasteiger partial charge in [0.2, 0.25) is 0 Å². The van der Waals surface area contributed by atoms with Gasteiger partial charge in [-0.2, -0.15) is 31.4 Å². The topological polar surface area (TPSA) is 30.7 Å². The first-order valence-corrected chi connectivity index (χ1v) is 4.85. The molecular formula is C10H5F6N3. The molecule has 9 heteroatoms. The number of halogens is 6. The van der Waals surface area contributed by atoms with Crippen LogP contribution in [0.2, 0.25) is 0 Å². The molecule has 3 nitrogen and oxygen atoms in total. The first-order chi connectivity index (χ1) is 8.69. The summed E-state index contributed by atoms with van der Waals surface area (Å²) in [6, 6.07) is 3.85. The standard InChI is InChI=1S/C10H5F6N3/c11-9(12,13)6-5-7(10(14,15)16)19(18-6)8-3-1-2-4-17-8/h1-5H. The number of hydrogen-bond acceptors (Lipinski definition) is 2. The van der Waals surface area contributed by atoms with E-state index in [2.05, 4.69) is 10.1 Å². The molecule has 2 aromatic rings. The van der Waals surface area contributed by atoms with Crippen molar-refractivity contribution >= 4 is 0 Å². The molecule has 19 heavy (non-hydrogen) atoms. The van der Waals surface area contributed by atoms with Crippen molar-refractivity contribution in [2.24, 2.45) is 0 Å². The number of rotatable bonds is 1. The summed E-state index contributed by atoms with van der Waals surface area (Å²) >= 11 is 0. The minimum atomic E-state index is -4.96. The molecule has 0 N–H and O–H groups in total. The second-order valence-corrected chi connectivity index (χ2v) is 3.51. The average Bonchev–Trinajstić information content (AvgIpc) is 2.74. The lowest BCUT2D eigenvalue weighted by molar-refractivity contribution is -0.143. The molecule has 102 valence electrons. The van der Waals surface area contributed by atoms with Crippen molar-refractivity contribution in [3.05, 3.63) is 41.9 Å². The van der Waals surface area contributed by atoms with Gasteiger partial charge in [0.05, 0.1) is 0 Å². The summed E-state index contributed by atoms with van der Waals surface area (Å²) in [5, 5.41) is 2.93. The third-order valence-corrected chi connectivity index (χ3v) is 2.16. The Balaban J connectivity index is 2.63. The Morgan fingerprint density at radius 3 is 2.11 bits per heavy atom. The van der Waals surface area contributed by atoms with Crippen LogP contribution in [0, 0.1) is 0 Å². The monoisotopic (exact) mass is 281 g/mol. The van der Waals surface area contributed by atoms with E-state index < -0.39 is 23.7 Å². The summed E-state index contributed by atoms with van der Waals surface area (Å²) < 4.78 is 75.4. The van der Waals surface area contributed by atoms with Gasteiger partial charge in [-0.25, -0.2) is 9.67 Å². The number of pyridine rings is 1. The van der Waals surface area contributed by atoms with E-state index in [0.29, 0.717) is 0 Å². The lowest BCUT2D eigenvalue weighted by Gasteiger charge is -2.08. The highest BCUT2D eigenvalue weighted by Crippen LogP contribution is 2.35. The van der Waals surface area contributed by atoms with Crippen LogP contribution in [0.4, 0.5) is 26.3 Å². The normalized spacial score (nSPS) is 12.7. The number of nitrogens with zero attached hydrogens (tertiary/aromatic N) is 3. The highest BCUT2D eigenvalue weighted by molar-refractivity contribution is 5.28. The molecule has 0 fully saturated rings. The van der Waals surface area contributed by atoms with Crippen LogP contribution in [0.15, 0.2) is 30.5 Å². The Kier molecular flexibility index (Phi) is 2.99. The van der Waals surface area contributed by atoms with Gasteiger partial charge in [0.25, 0.3) is 0 Å². The molecule has 0 aliphatic heterocycles. The van der Waals surface area contributed by atoms with E-state index in [1.54, 1.807) is 0 Å². The molecule has 0 saturated carbocycles. The second-order valence-electron chi connectivity index (χ2n) is 3.51. The number of alkyl halides is 6. The van der Waals surface area contributed by atoms with Gasteiger partial charge >= 0.3 is 12.4 Å². The Hall–Kier alpha value is -2.06. The van der Waals surface area contributed by atoms with Gasteiger partial charge in [0, 0.05) is 12.3 Å². The first kappa shape index (κ1) is 13.4. The van der Waals surface area contributed by atoms with Gasteiger partial charge in [-0.1, -0.05) is 6.07 Å². The zero-order valence-electron chi connectivity index (χ0n) is 9.00. The van der Waals surface area contributed by atoms with Gasteiger partial charge in [-0.15, -0.1) is 0 Å². The Labute approximate surface area is 102 Å². The van der Waals surface area contributed by atoms with Crippen LogP contribution in [-0.4, -0.2) is 14.8 Å². The van der Waals surface area contributed by atoms with Gasteiger partial charge in [0.15, 0.2) is 17.2 Å². The maximum atomic E-state index is 12.7. The molecule has 2 heterocycles. The molecule has 0 atom stereocenters. The fraction of sp³-hybridized carbons (Fsp3) is 0.200. The summed E-state index contributed by atoms with van der Waals surface area (Å²) in [7, 11) is 0. The largest absolute Gasteiger partial charge is 0.435 e. The zero-order chi connectivity index (χ0) is 14.3. The summed E-state index contributed by atoms with van der Waals surface area (Å²) in [6.07, 6.45) is -8.77. The van der Waals surface area contributed by atoms with Crippen molar-refractivity contribution in [2.75, 3.05) is 0 Å². The summed E-state index contributed by atoms with van der Waals surface area (Å²) in [6.45, 7) is 0. The highest BCUT2D eigenvalue weighted by Gasteiger charge is 2.42. The van der Waals surface area contributed by atoms with E-state index in [1.165, 1.54) is 12.1 Å². The van der Waals surface area contributed by atoms with E-state index in [1.807, 2.05) is 0 Å². The summed E-state index contributed by atoms with van der Waals surface area (Å²) in [5.41, 5.74) is -3.15. The van der Waals surface area contributed by atoms with Crippen molar-refractivity contribution in [3.8, 4) is 5.82 Å². The molecule has 2 rings (SSSR count). The lowest BCUT2D eigenvalue weighted by atomic mass is 10.3. The van der Waals surface area contributed by atoms with Crippen molar-refractivity contribution in [1.29, 1.82) is 0 Å². The van der Waals surface area contributed by atoms with E-state index in [-0.39, 0.29) is 16.6 Å². The average molecular weight is 281 g/mol. The van der Waals surface area contributed by atoms with Crippen molar-refractivity contribution in [2.45, 2.75) is 12.4 Å². The van der Waals surface area contributed by atoms with Crippen molar-refractivity contribution in [3.63, 3.8) is 0 Å². The lowest BCUT2D eigenvalue weighted by Crippen LogP contribution is -2.14. The first-order valence-electron chi connectivity index (χ1n) is 4.85. The van der Waals surface area contributed by atoms with Gasteiger partial charge in [-0.05, 0) is 12.1 Å².